The maximum absolute atomic E-state index is 12.1. The molecule has 1 N–H and O–H groups in total. The molecule has 1 rings (SSSR count). The summed E-state index contributed by atoms with van der Waals surface area (Å²) in [5.41, 5.74) is 1.22. The van der Waals surface area contributed by atoms with Gasteiger partial charge in [-0.3, -0.25) is 9.59 Å². The van der Waals surface area contributed by atoms with E-state index in [9.17, 15) is 14.7 Å². The lowest BCUT2D eigenvalue weighted by atomic mass is 9.85. The summed E-state index contributed by atoms with van der Waals surface area (Å²) in [6.45, 7) is 6.41. The number of ether oxygens (including phenoxy) is 1. The van der Waals surface area contributed by atoms with E-state index in [1.165, 1.54) is 5.56 Å². The van der Waals surface area contributed by atoms with Crippen molar-refractivity contribution in [3.8, 4) is 0 Å². The van der Waals surface area contributed by atoms with E-state index in [0.717, 1.165) is 32.1 Å². The van der Waals surface area contributed by atoms with E-state index in [4.69, 9.17) is 4.74 Å². The van der Waals surface area contributed by atoms with Gasteiger partial charge in [-0.2, -0.15) is 0 Å². The average molecular weight is 363 g/mol. The summed E-state index contributed by atoms with van der Waals surface area (Å²) in [7, 11) is 0. The summed E-state index contributed by atoms with van der Waals surface area (Å²) in [4.78, 5) is 23.4. The third kappa shape index (κ3) is 8.03. The van der Waals surface area contributed by atoms with Gasteiger partial charge in [-0.25, -0.2) is 0 Å². The van der Waals surface area contributed by atoms with Gasteiger partial charge in [0, 0.05) is 0 Å². The second-order valence-electron chi connectivity index (χ2n) is 7.13. The molecule has 3 atom stereocenters. The van der Waals surface area contributed by atoms with Crippen LogP contribution in [0.3, 0.4) is 0 Å². The van der Waals surface area contributed by atoms with Crippen LogP contribution in [0.15, 0.2) is 30.3 Å². The van der Waals surface area contributed by atoms with Crippen molar-refractivity contribution in [3.05, 3.63) is 35.9 Å². The molecule has 0 spiro atoms. The van der Waals surface area contributed by atoms with Gasteiger partial charge >= 0.3 is 11.9 Å². The Morgan fingerprint density at radius 2 is 1.69 bits per heavy atom. The monoisotopic (exact) mass is 362 g/mol. The Morgan fingerprint density at radius 3 is 2.27 bits per heavy atom. The van der Waals surface area contributed by atoms with Gasteiger partial charge in [0.2, 0.25) is 0 Å². The van der Waals surface area contributed by atoms with E-state index in [0.29, 0.717) is 19.4 Å². The van der Waals surface area contributed by atoms with Crippen LogP contribution in [0.2, 0.25) is 0 Å². The molecule has 0 amide bonds. The molecule has 26 heavy (non-hydrogen) atoms. The summed E-state index contributed by atoms with van der Waals surface area (Å²) in [5.74, 6) is -0.984. The zero-order valence-corrected chi connectivity index (χ0v) is 16.4. The lowest BCUT2D eigenvalue weighted by molar-refractivity contribution is -0.148. The van der Waals surface area contributed by atoms with Crippen LogP contribution < -0.4 is 0 Å². The van der Waals surface area contributed by atoms with E-state index < -0.39 is 5.97 Å². The average Bonchev–Trinajstić information content (AvgIpc) is 2.64. The van der Waals surface area contributed by atoms with Crippen molar-refractivity contribution in [2.75, 3.05) is 6.61 Å². The molecule has 0 aromatic heterocycles. The molecule has 0 aliphatic heterocycles. The van der Waals surface area contributed by atoms with Gasteiger partial charge in [-0.05, 0) is 50.0 Å². The minimum Gasteiger partial charge on any atom is -0.481 e. The maximum Gasteiger partial charge on any atom is 0.308 e. The summed E-state index contributed by atoms with van der Waals surface area (Å²) in [6.07, 6.45) is 5.68. The number of esters is 1. The molecule has 146 valence electrons. The topological polar surface area (TPSA) is 63.6 Å². The first-order valence-electron chi connectivity index (χ1n) is 9.93. The van der Waals surface area contributed by atoms with Crippen LogP contribution in [0, 0.1) is 11.8 Å². The van der Waals surface area contributed by atoms with Crippen molar-refractivity contribution in [2.45, 2.75) is 71.6 Å². The highest BCUT2D eigenvalue weighted by Gasteiger charge is 2.21. The zero-order chi connectivity index (χ0) is 19.4. The first-order valence-corrected chi connectivity index (χ1v) is 9.93. The number of carboxylic acid groups (broad SMARTS) is 1. The molecule has 0 fully saturated rings. The Bertz CT molecular complexity index is 526. The molecule has 3 unspecified atom stereocenters. The Labute approximate surface area is 158 Å². The fraction of sp³-hybridized carbons (Fsp3) is 0.636. The third-order valence-corrected chi connectivity index (χ3v) is 5.07. The Hall–Kier alpha value is -1.84. The van der Waals surface area contributed by atoms with Crippen molar-refractivity contribution in [1.82, 2.24) is 0 Å². The van der Waals surface area contributed by atoms with Crippen LogP contribution in [-0.2, 0) is 14.3 Å². The van der Waals surface area contributed by atoms with Crippen molar-refractivity contribution < 1.29 is 19.4 Å². The molecule has 0 aliphatic carbocycles. The minimum atomic E-state index is -0.716. The lowest BCUT2D eigenvalue weighted by Gasteiger charge is -2.21. The second kappa shape index (κ2) is 12.5. The summed E-state index contributed by atoms with van der Waals surface area (Å²) in [6, 6.07) is 10.2. The van der Waals surface area contributed by atoms with Crippen molar-refractivity contribution in [3.63, 3.8) is 0 Å². The van der Waals surface area contributed by atoms with Gasteiger partial charge < -0.3 is 9.84 Å². The van der Waals surface area contributed by atoms with Gasteiger partial charge in [0.25, 0.3) is 0 Å². The zero-order valence-electron chi connectivity index (χ0n) is 16.4. The highest BCUT2D eigenvalue weighted by atomic mass is 16.5. The standard InChI is InChI=1S/C22H34O4/c1-4-6-16-26-22(25)17(3)12-13-20(19-10-8-7-9-11-19)15-14-18(5-2)21(23)24/h7-11,17-18,20H,4-6,12-16H2,1-3H3,(H,23,24). The number of carbonyl (C=O) groups is 2. The fourth-order valence-corrected chi connectivity index (χ4v) is 3.14. The molecule has 0 radical (unpaired) electrons. The van der Waals surface area contributed by atoms with Crippen LogP contribution in [0.25, 0.3) is 0 Å². The fourth-order valence-electron chi connectivity index (χ4n) is 3.14. The van der Waals surface area contributed by atoms with E-state index in [1.54, 1.807) is 0 Å². The molecule has 0 saturated carbocycles. The molecular weight excluding hydrogens is 328 g/mol. The van der Waals surface area contributed by atoms with E-state index in [-0.39, 0.29) is 23.7 Å². The number of rotatable bonds is 13. The third-order valence-electron chi connectivity index (χ3n) is 5.07. The van der Waals surface area contributed by atoms with Crippen LogP contribution >= 0.6 is 0 Å². The molecule has 1 aromatic carbocycles. The van der Waals surface area contributed by atoms with Gasteiger partial charge in [0.05, 0.1) is 18.4 Å². The first-order chi connectivity index (χ1) is 12.5. The normalized spacial score (nSPS) is 14.4. The molecule has 0 bridgehead atoms. The van der Waals surface area contributed by atoms with Gasteiger partial charge in [-0.1, -0.05) is 57.5 Å². The van der Waals surface area contributed by atoms with Crippen LogP contribution in [-0.4, -0.2) is 23.7 Å². The van der Waals surface area contributed by atoms with Crippen molar-refractivity contribution in [2.24, 2.45) is 11.8 Å². The molecular formula is C22H34O4. The first kappa shape index (κ1) is 22.2. The Morgan fingerprint density at radius 1 is 1.04 bits per heavy atom. The molecule has 4 nitrogen and oxygen atoms in total. The smallest absolute Gasteiger partial charge is 0.308 e. The van der Waals surface area contributed by atoms with E-state index in [1.807, 2.05) is 32.0 Å². The summed E-state index contributed by atoms with van der Waals surface area (Å²) >= 11 is 0. The number of unbranched alkanes of at least 4 members (excludes halogenated alkanes) is 1. The second-order valence-corrected chi connectivity index (χ2v) is 7.13. The highest BCUT2D eigenvalue weighted by Crippen LogP contribution is 2.30. The predicted molar refractivity (Wildman–Crippen MR) is 104 cm³/mol. The number of carboxylic acids is 1. The van der Waals surface area contributed by atoms with Crippen LogP contribution in [0.4, 0.5) is 0 Å². The predicted octanol–water partition coefficient (Wildman–Crippen LogP) is 5.42. The minimum absolute atomic E-state index is 0.123. The molecule has 0 saturated heterocycles. The van der Waals surface area contributed by atoms with Crippen LogP contribution in [0.5, 0.6) is 0 Å². The van der Waals surface area contributed by atoms with Crippen molar-refractivity contribution >= 4 is 11.9 Å². The SMILES string of the molecule is CCCCOC(=O)C(C)CCC(CCC(CC)C(=O)O)c1ccccc1. The molecule has 1 aromatic rings. The molecule has 0 aliphatic rings. The molecule has 4 heteroatoms. The summed E-state index contributed by atoms with van der Waals surface area (Å²) < 4.78 is 5.31. The van der Waals surface area contributed by atoms with Gasteiger partial charge in [0.1, 0.15) is 0 Å². The quantitative estimate of drug-likeness (QED) is 0.376. The van der Waals surface area contributed by atoms with E-state index in [2.05, 4.69) is 19.1 Å². The Balaban J connectivity index is 2.62. The number of aliphatic carboxylic acids is 1. The highest BCUT2D eigenvalue weighted by molar-refractivity contribution is 5.72. The largest absolute Gasteiger partial charge is 0.481 e. The number of hydrogen-bond donors (Lipinski definition) is 1. The molecule has 0 heterocycles. The number of carbonyl (C=O) groups excluding carboxylic acids is 1. The number of hydrogen-bond acceptors (Lipinski definition) is 3. The van der Waals surface area contributed by atoms with Crippen molar-refractivity contribution in [1.29, 1.82) is 0 Å². The van der Waals surface area contributed by atoms with Gasteiger partial charge in [0.15, 0.2) is 0 Å². The van der Waals surface area contributed by atoms with Gasteiger partial charge in [-0.15, -0.1) is 0 Å². The van der Waals surface area contributed by atoms with E-state index >= 15 is 0 Å². The Kier molecular flexibility index (Phi) is 10.7. The lowest BCUT2D eigenvalue weighted by Crippen LogP contribution is -2.17. The maximum atomic E-state index is 12.1. The van der Waals surface area contributed by atoms with Crippen LogP contribution in [0.1, 0.15) is 77.2 Å². The summed E-state index contributed by atoms with van der Waals surface area (Å²) in [5, 5.41) is 9.29. The number of benzene rings is 1.